The quantitative estimate of drug-likeness (QED) is 0.0554. The topological polar surface area (TPSA) is 173 Å². The summed E-state index contributed by atoms with van der Waals surface area (Å²) < 4.78 is 13.5. The van der Waals surface area contributed by atoms with E-state index in [1.54, 1.807) is 24.5 Å². The van der Waals surface area contributed by atoms with Crippen molar-refractivity contribution in [3.63, 3.8) is 0 Å². The number of rotatable bonds is 13. The molecule has 1 aromatic carbocycles. The van der Waals surface area contributed by atoms with Gasteiger partial charge in [-0.25, -0.2) is 14.5 Å². The van der Waals surface area contributed by atoms with Crippen molar-refractivity contribution in [2.45, 2.75) is 58.6 Å². The van der Waals surface area contributed by atoms with Crippen LogP contribution in [-0.4, -0.2) is 52.6 Å². The Morgan fingerprint density at radius 1 is 1.34 bits per heavy atom. The van der Waals surface area contributed by atoms with Gasteiger partial charge in [-0.1, -0.05) is 31.4 Å². The standard InChI is InChI=1S/C19H32BFN6O5/c1-12(2)9-17(20(29)30)25-18(28)16(5-4-8-23-19(22)26-27(31)32)24-11-14-6-7-15(21)13(3)10-14/h6-7,10,12,16-17,24,29-30H,4-5,8-9,11H2,1-3H3,(H,25,28)(H3,22,23,26)/t16-,17-/m0/s1. The molecule has 32 heavy (non-hydrogen) atoms. The molecule has 11 nitrogen and oxygen atoms in total. The summed E-state index contributed by atoms with van der Waals surface area (Å²) in [5.74, 6) is -1.93. The molecule has 0 aliphatic heterocycles. The van der Waals surface area contributed by atoms with Gasteiger partial charge in [-0.2, -0.15) is 0 Å². The molecule has 0 unspecified atom stereocenters. The fourth-order valence-corrected chi connectivity index (χ4v) is 3.08. The second-order valence-corrected chi connectivity index (χ2v) is 7.99. The number of hydrogen-bond donors (Lipinski definition) is 7. The van der Waals surface area contributed by atoms with Gasteiger partial charge in [0.1, 0.15) is 5.82 Å². The van der Waals surface area contributed by atoms with Gasteiger partial charge in [0.15, 0.2) is 5.03 Å². The molecule has 2 atom stereocenters. The first-order valence-corrected chi connectivity index (χ1v) is 10.4. The third kappa shape index (κ3) is 10.5. The van der Waals surface area contributed by atoms with Crippen LogP contribution in [0.1, 0.15) is 44.2 Å². The number of halogens is 1. The highest BCUT2D eigenvalue weighted by Crippen LogP contribution is 2.11. The number of nitro groups is 1. The van der Waals surface area contributed by atoms with Crippen LogP contribution >= 0.6 is 0 Å². The van der Waals surface area contributed by atoms with Gasteiger partial charge in [-0.05, 0) is 49.3 Å². The van der Waals surface area contributed by atoms with E-state index in [9.17, 15) is 29.3 Å². The van der Waals surface area contributed by atoms with E-state index in [0.29, 0.717) is 24.8 Å². The van der Waals surface area contributed by atoms with Crippen LogP contribution in [0.25, 0.3) is 0 Å². The fourth-order valence-electron chi connectivity index (χ4n) is 3.08. The van der Waals surface area contributed by atoms with Crippen molar-refractivity contribution in [3.05, 3.63) is 45.3 Å². The molecule has 1 aromatic rings. The van der Waals surface area contributed by atoms with Gasteiger partial charge in [0.2, 0.25) is 5.91 Å². The molecule has 0 radical (unpaired) electrons. The average molecular weight is 454 g/mol. The van der Waals surface area contributed by atoms with Crippen LogP contribution in [0, 0.1) is 34.2 Å². The van der Waals surface area contributed by atoms with E-state index >= 15 is 0 Å². The molecule has 0 aromatic heterocycles. The highest BCUT2D eigenvalue weighted by Gasteiger charge is 2.29. The largest absolute Gasteiger partial charge is 0.475 e. The maximum Gasteiger partial charge on any atom is 0.475 e. The van der Waals surface area contributed by atoms with Gasteiger partial charge in [0.25, 0.3) is 5.96 Å². The summed E-state index contributed by atoms with van der Waals surface area (Å²) in [5, 5.41) is 44.3. The number of hydrazine groups is 1. The molecule has 0 heterocycles. The van der Waals surface area contributed by atoms with E-state index in [1.165, 1.54) is 6.07 Å². The minimum Gasteiger partial charge on any atom is -0.426 e. The van der Waals surface area contributed by atoms with Crippen molar-refractivity contribution in [1.82, 2.24) is 21.4 Å². The third-order valence-electron chi connectivity index (χ3n) is 4.68. The smallest absolute Gasteiger partial charge is 0.426 e. The maximum atomic E-state index is 13.5. The van der Waals surface area contributed by atoms with E-state index in [1.807, 2.05) is 13.8 Å². The molecule has 0 aliphatic carbocycles. The van der Waals surface area contributed by atoms with Gasteiger partial charge in [-0.3, -0.25) is 10.2 Å². The third-order valence-corrected chi connectivity index (χ3v) is 4.68. The van der Waals surface area contributed by atoms with E-state index in [2.05, 4.69) is 16.0 Å². The Kier molecular flexibility index (Phi) is 11.6. The predicted molar refractivity (Wildman–Crippen MR) is 118 cm³/mol. The number of benzene rings is 1. The number of amides is 1. The van der Waals surface area contributed by atoms with E-state index in [4.69, 9.17) is 5.41 Å². The highest BCUT2D eigenvalue weighted by molar-refractivity contribution is 6.43. The van der Waals surface area contributed by atoms with Crippen LogP contribution < -0.4 is 21.4 Å². The zero-order chi connectivity index (χ0) is 24.3. The summed E-state index contributed by atoms with van der Waals surface area (Å²) >= 11 is 0. The van der Waals surface area contributed by atoms with Crippen LogP contribution in [0.5, 0.6) is 0 Å². The van der Waals surface area contributed by atoms with Gasteiger partial charge in [0.05, 0.1) is 12.0 Å². The van der Waals surface area contributed by atoms with Crippen LogP contribution in [0.4, 0.5) is 4.39 Å². The lowest BCUT2D eigenvalue weighted by Crippen LogP contribution is -2.53. The first kappa shape index (κ1) is 27.3. The van der Waals surface area contributed by atoms with Crippen molar-refractivity contribution < 1.29 is 24.3 Å². The Bertz CT molecular complexity index is 783. The van der Waals surface area contributed by atoms with Crippen molar-refractivity contribution in [3.8, 4) is 0 Å². The molecule has 7 N–H and O–H groups in total. The summed E-state index contributed by atoms with van der Waals surface area (Å²) in [5.41, 5.74) is 2.93. The number of aryl methyl sites for hydroxylation is 1. The Balaban J connectivity index is 2.76. The minimum absolute atomic E-state index is 0.125. The summed E-state index contributed by atoms with van der Waals surface area (Å²) in [7, 11) is -1.71. The molecule has 0 saturated heterocycles. The number of guanidine groups is 1. The summed E-state index contributed by atoms with van der Waals surface area (Å²) in [6.45, 7) is 5.92. The Morgan fingerprint density at radius 2 is 2.03 bits per heavy atom. The lowest BCUT2D eigenvalue weighted by Gasteiger charge is -2.24. The Hall–Kier alpha value is -2.77. The van der Waals surface area contributed by atoms with Gasteiger partial charge >= 0.3 is 7.12 Å². The van der Waals surface area contributed by atoms with Gasteiger partial charge < -0.3 is 26.0 Å². The zero-order valence-corrected chi connectivity index (χ0v) is 18.5. The van der Waals surface area contributed by atoms with Crippen LogP contribution in [0.3, 0.4) is 0 Å². The molecule has 13 heteroatoms. The summed E-state index contributed by atoms with van der Waals surface area (Å²) in [6.07, 6.45) is 1.07. The second-order valence-electron chi connectivity index (χ2n) is 7.99. The minimum atomic E-state index is -1.71. The average Bonchev–Trinajstić information content (AvgIpc) is 2.68. The maximum absolute atomic E-state index is 13.5. The molecule has 0 spiro atoms. The molecule has 0 aliphatic rings. The van der Waals surface area contributed by atoms with E-state index in [-0.39, 0.29) is 24.8 Å². The lowest BCUT2D eigenvalue weighted by atomic mass is 9.75. The molecular weight excluding hydrogens is 422 g/mol. The Morgan fingerprint density at radius 3 is 2.59 bits per heavy atom. The fraction of sp³-hybridized carbons (Fsp3) is 0.579. The molecule has 0 fully saturated rings. The normalized spacial score (nSPS) is 12.7. The Labute approximate surface area is 186 Å². The van der Waals surface area contributed by atoms with Gasteiger partial charge in [-0.15, -0.1) is 0 Å². The number of nitrogens with one attached hydrogen (secondary N) is 5. The van der Waals surface area contributed by atoms with Crippen LogP contribution in [-0.2, 0) is 11.3 Å². The number of nitrogens with zero attached hydrogens (tertiary/aromatic N) is 1. The molecular formula is C19H32BFN6O5. The van der Waals surface area contributed by atoms with Crippen molar-refractivity contribution in [2.24, 2.45) is 5.92 Å². The highest BCUT2D eigenvalue weighted by atomic mass is 19.1. The number of hydrogen-bond acceptors (Lipinski definition) is 7. The molecule has 1 amide bonds. The first-order valence-electron chi connectivity index (χ1n) is 10.4. The molecule has 178 valence electrons. The van der Waals surface area contributed by atoms with E-state index in [0.717, 1.165) is 5.56 Å². The SMILES string of the molecule is Cc1cc(CN[C@@H](CCCNC(=N)N[N+](=O)[O-])C(=O)N[C@@H](CC(C)C)B(O)O)ccc1F. The predicted octanol–water partition coefficient (Wildman–Crippen LogP) is 0.221. The van der Waals surface area contributed by atoms with E-state index < -0.39 is 36.0 Å². The monoisotopic (exact) mass is 454 g/mol. The van der Waals surface area contributed by atoms with Gasteiger partial charge in [0, 0.05) is 13.1 Å². The molecule has 0 bridgehead atoms. The zero-order valence-electron chi connectivity index (χ0n) is 18.5. The molecule has 0 saturated carbocycles. The van der Waals surface area contributed by atoms with Crippen molar-refractivity contribution >= 4 is 19.0 Å². The number of carbonyl (C=O) groups is 1. The first-order chi connectivity index (χ1) is 15.0. The summed E-state index contributed by atoms with van der Waals surface area (Å²) in [6, 6.07) is 3.91. The van der Waals surface area contributed by atoms with Crippen molar-refractivity contribution in [2.75, 3.05) is 6.54 Å². The number of carbonyl (C=O) groups excluding carboxylic acids is 1. The second kappa shape index (κ2) is 13.6. The lowest BCUT2D eigenvalue weighted by molar-refractivity contribution is -0.525. The van der Waals surface area contributed by atoms with Crippen LogP contribution in [0.15, 0.2) is 18.2 Å². The van der Waals surface area contributed by atoms with Crippen LogP contribution in [0.2, 0.25) is 0 Å². The summed E-state index contributed by atoms with van der Waals surface area (Å²) in [4.78, 5) is 23.2. The van der Waals surface area contributed by atoms with Crippen molar-refractivity contribution in [1.29, 1.82) is 5.41 Å². The molecule has 1 rings (SSSR count).